The fraction of sp³-hybridized carbons (Fsp3) is 0.407. The van der Waals surface area contributed by atoms with Gasteiger partial charge in [0.2, 0.25) is 5.95 Å². The molecule has 2 aromatic heterocycles. The molecule has 3 heterocycles. The van der Waals surface area contributed by atoms with Crippen LogP contribution in [-0.2, 0) is 24.3 Å². The zero-order valence-electron chi connectivity index (χ0n) is 21.5. The fourth-order valence-electron chi connectivity index (χ4n) is 4.98. The van der Waals surface area contributed by atoms with Crippen LogP contribution in [0, 0.1) is 0 Å². The van der Waals surface area contributed by atoms with Crippen molar-refractivity contribution in [2.24, 2.45) is 0 Å². The van der Waals surface area contributed by atoms with Gasteiger partial charge in [-0.05, 0) is 50.7 Å². The molecule has 1 aliphatic heterocycles. The molecule has 0 spiro atoms. The van der Waals surface area contributed by atoms with Crippen LogP contribution in [0.5, 0.6) is 5.75 Å². The van der Waals surface area contributed by atoms with Gasteiger partial charge in [-0.3, -0.25) is 0 Å². The number of ether oxygens (including phenoxy) is 2. The molecule has 9 nitrogen and oxygen atoms in total. The Balaban J connectivity index is 1.46. The summed E-state index contributed by atoms with van der Waals surface area (Å²) in [6.07, 6.45) is 8.32. The quantitative estimate of drug-likeness (QED) is 0.462. The predicted octanol–water partition coefficient (Wildman–Crippen LogP) is 3.77. The van der Waals surface area contributed by atoms with E-state index in [1.165, 1.54) is 22.5 Å². The summed E-state index contributed by atoms with van der Waals surface area (Å²) in [5.41, 5.74) is 14.6. The van der Waals surface area contributed by atoms with Crippen molar-refractivity contribution < 1.29 is 9.47 Å². The number of allylic oxidation sites excluding steroid dienone is 1. The molecule has 2 aliphatic rings. The van der Waals surface area contributed by atoms with E-state index in [9.17, 15) is 0 Å². The van der Waals surface area contributed by atoms with E-state index in [1.807, 2.05) is 25.2 Å². The van der Waals surface area contributed by atoms with Gasteiger partial charge in [-0.25, -0.2) is 9.97 Å². The number of anilines is 4. The van der Waals surface area contributed by atoms with Crippen molar-refractivity contribution in [1.82, 2.24) is 19.4 Å². The number of fused-ring (bicyclic) bond motifs is 3. The maximum absolute atomic E-state index is 6.45. The first-order valence-corrected chi connectivity index (χ1v) is 12.4. The van der Waals surface area contributed by atoms with Crippen LogP contribution < -0.4 is 20.7 Å². The summed E-state index contributed by atoms with van der Waals surface area (Å²) < 4.78 is 13.9. The number of nitrogens with zero attached hydrogens (tertiary/aromatic N) is 5. The van der Waals surface area contributed by atoms with Gasteiger partial charge in [-0.1, -0.05) is 6.08 Å². The van der Waals surface area contributed by atoms with Gasteiger partial charge in [0, 0.05) is 50.2 Å². The molecule has 0 amide bonds. The highest BCUT2D eigenvalue weighted by Crippen LogP contribution is 2.39. The van der Waals surface area contributed by atoms with Crippen molar-refractivity contribution in [3.63, 3.8) is 0 Å². The minimum absolute atomic E-state index is 0.496. The molecule has 5 rings (SSSR count). The van der Waals surface area contributed by atoms with Crippen molar-refractivity contribution in [2.45, 2.75) is 26.0 Å². The molecule has 1 aromatic carbocycles. The standard InChI is InChI=1S/C27H35N7O2/c1-32(2)11-12-33(3)23-16-25(35-4)21(15-19(23)28)31-27-29-10-9-20(30-27)26-18-7-5-6-8-22(18)34-13-14-36-17-24(26)34/h6,8-10,15-16H,5,7,11-14,17,28H2,1-4H3,(H,29,30,31). The minimum atomic E-state index is 0.496. The van der Waals surface area contributed by atoms with E-state index >= 15 is 0 Å². The van der Waals surface area contributed by atoms with E-state index < -0.39 is 0 Å². The monoisotopic (exact) mass is 489 g/mol. The van der Waals surface area contributed by atoms with Gasteiger partial charge >= 0.3 is 0 Å². The molecule has 190 valence electrons. The number of nitrogens with one attached hydrogen (secondary N) is 1. The Morgan fingerprint density at radius 2 is 2.08 bits per heavy atom. The van der Waals surface area contributed by atoms with Gasteiger partial charge in [-0.15, -0.1) is 0 Å². The maximum atomic E-state index is 6.45. The van der Waals surface area contributed by atoms with Crippen LogP contribution in [0.3, 0.4) is 0 Å². The van der Waals surface area contributed by atoms with Crippen LogP contribution in [0.1, 0.15) is 23.4 Å². The van der Waals surface area contributed by atoms with Crippen LogP contribution in [0.15, 0.2) is 30.5 Å². The third-order valence-corrected chi connectivity index (χ3v) is 6.85. The van der Waals surface area contributed by atoms with Crippen molar-refractivity contribution in [2.75, 3.05) is 63.9 Å². The SMILES string of the molecule is COc1cc(N(C)CCN(C)C)c(N)cc1Nc1nccc(-c2c3c(n4c2COCC4)C=CCC3)n1. The van der Waals surface area contributed by atoms with Crippen molar-refractivity contribution >= 4 is 29.1 Å². The lowest BCUT2D eigenvalue weighted by Crippen LogP contribution is -2.29. The molecule has 0 saturated carbocycles. The second-order valence-electron chi connectivity index (χ2n) is 9.56. The third-order valence-electron chi connectivity index (χ3n) is 6.85. The lowest BCUT2D eigenvalue weighted by Gasteiger charge is -2.24. The Morgan fingerprint density at radius 3 is 2.89 bits per heavy atom. The number of hydrogen-bond acceptors (Lipinski definition) is 8. The molecule has 3 N–H and O–H groups in total. The van der Waals surface area contributed by atoms with E-state index in [-0.39, 0.29) is 0 Å². The predicted molar refractivity (Wildman–Crippen MR) is 145 cm³/mol. The zero-order chi connectivity index (χ0) is 25.2. The normalized spacial score (nSPS) is 14.5. The number of methoxy groups -OCH3 is 1. The average molecular weight is 490 g/mol. The van der Waals surface area contributed by atoms with Gasteiger partial charge < -0.3 is 34.9 Å². The maximum Gasteiger partial charge on any atom is 0.227 e. The number of likely N-dealkylation sites (N-methyl/N-ethyl adjacent to an activating group) is 2. The van der Waals surface area contributed by atoms with E-state index in [4.69, 9.17) is 20.2 Å². The van der Waals surface area contributed by atoms with Gasteiger partial charge in [0.25, 0.3) is 0 Å². The van der Waals surface area contributed by atoms with E-state index in [1.54, 1.807) is 13.3 Å². The van der Waals surface area contributed by atoms with Crippen LogP contribution >= 0.6 is 0 Å². The summed E-state index contributed by atoms with van der Waals surface area (Å²) in [4.78, 5) is 13.7. The molecule has 0 saturated heterocycles. The Hall–Kier alpha value is -3.56. The summed E-state index contributed by atoms with van der Waals surface area (Å²) in [6.45, 7) is 3.97. The average Bonchev–Trinajstić information content (AvgIpc) is 3.22. The number of nitrogen functional groups attached to an aromatic ring is 1. The number of aromatic nitrogens is 3. The highest BCUT2D eigenvalue weighted by atomic mass is 16.5. The van der Waals surface area contributed by atoms with Crippen molar-refractivity contribution in [3.05, 3.63) is 47.4 Å². The number of nitrogens with two attached hydrogens (primary N) is 1. The summed E-state index contributed by atoms with van der Waals surface area (Å²) in [5, 5.41) is 3.34. The lowest BCUT2D eigenvalue weighted by molar-refractivity contribution is 0.0852. The first kappa shape index (κ1) is 24.1. The second-order valence-corrected chi connectivity index (χ2v) is 9.56. The van der Waals surface area contributed by atoms with Crippen LogP contribution in [0.4, 0.5) is 23.0 Å². The summed E-state index contributed by atoms with van der Waals surface area (Å²) >= 11 is 0. The Kier molecular flexibility index (Phi) is 6.84. The Labute approximate surface area is 212 Å². The van der Waals surface area contributed by atoms with E-state index in [2.05, 4.69) is 50.9 Å². The zero-order valence-corrected chi connectivity index (χ0v) is 21.5. The first-order valence-electron chi connectivity index (χ1n) is 12.4. The third kappa shape index (κ3) is 4.64. The topological polar surface area (TPSA) is 93.7 Å². The van der Waals surface area contributed by atoms with Gasteiger partial charge in [0.15, 0.2) is 0 Å². The largest absolute Gasteiger partial charge is 0.494 e. The molecule has 9 heteroatoms. The van der Waals surface area contributed by atoms with Crippen LogP contribution in [0.2, 0.25) is 0 Å². The highest BCUT2D eigenvalue weighted by Gasteiger charge is 2.26. The van der Waals surface area contributed by atoms with Crippen LogP contribution in [-0.4, -0.2) is 67.4 Å². The highest BCUT2D eigenvalue weighted by molar-refractivity contribution is 5.80. The number of benzene rings is 1. The van der Waals surface area contributed by atoms with Crippen molar-refractivity contribution in [3.8, 4) is 17.0 Å². The summed E-state index contributed by atoms with van der Waals surface area (Å²) in [6, 6.07) is 5.82. The molecule has 36 heavy (non-hydrogen) atoms. The fourth-order valence-corrected chi connectivity index (χ4v) is 4.98. The number of hydrogen-bond donors (Lipinski definition) is 2. The molecule has 0 radical (unpaired) electrons. The first-order chi connectivity index (χ1) is 17.5. The minimum Gasteiger partial charge on any atom is -0.494 e. The molecule has 3 aromatic rings. The van der Waals surface area contributed by atoms with Gasteiger partial charge in [0.05, 0.1) is 48.8 Å². The summed E-state index contributed by atoms with van der Waals surface area (Å²) in [7, 11) is 7.81. The number of rotatable bonds is 8. The smallest absolute Gasteiger partial charge is 0.227 e. The lowest BCUT2D eigenvalue weighted by atomic mass is 9.97. The Bertz CT molecular complexity index is 1280. The molecular weight excluding hydrogens is 454 g/mol. The Morgan fingerprint density at radius 1 is 1.22 bits per heavy atom. The van der Waals surface area contributed by atoms with E-state index in [0.29, 0.717) is 24.0 Å². The van der Waals surface area contributed by atoms with Gasteiger partial charge in [-0.2, -0.15) is 0 Å². The molecule has 1 aliphatic carbocycles. The second kappa shape index (κ2) is 10.2. The molecule has 0 atom stereocenters. The van der Waals surface area contributed by atoms with E-state index in [0.717, 1.165) is 56.2 Å². The molecule has 0 fully saturated rings. The van der Waals surface area contributed by atoms with Crippen LogP contribution in [0.25, 0.3) is 17.3 Å². The molecule has 0 bridgehead atoms. The van der Waals surface area contributed by atoms with Crippen molar-refractivity contribution in [1.29, 1.82) is 0 Å². The molecular formula is C27H35N7O2. The summed E-state index contributed by atoms with van der Waals surface area (Å²) in [5.74, 6) is 1.18. The molecule has 0 unspecified atom stereocenters. The van der Waals surface area contributed by atoms with Gasteiger partial charge in [0.1, 0.15) is 5.75 Å².